The van der Waals surface area contributed by atoms with Gasteiger partial charge in [-0.1, -0.05) is 0 Å². The fraction of sp³-hybridized carbons (Fsp3) is 0. The fourth-order valence-corrected chi connectivity index (χ4v) is 2.73. The van der Waals surface area contributed by atoms with Gasteiger partial charge >= 0.3 is 0 Å². The molecule has 1 N–H and O–H groups in total. The normalized spacial score (nSPS) is 10.3. The van der Waals surface area contributed by atoms with Crippen molar-refractivity contribution in [2.75, 3.05) is 0 Å². The summed E-state index contributed by atoms with van der Waals surface area (Å²) in [5, 5.41) is 14.1. The Balaban J connectivity index is 1.99. The standard InChI is InChI=1S/C13H8IN5O/c15-7-9-2-1-5-17-13(9)20-11-3-4-12-10(6-11)8-18-19(12)14-16/h1-6,8,16H. The smallest absolute Gasteiger partial charge is 0.237 e. The van der Waals surface area contributed by atoms with E-state index in [1.165, 1.54) is 0 Å². The maximum absolute atomic E-state index is 9.00. The van der Waals surface area contributed by atoms with Crippen LogP contribution in [0.4, 0.5) is 0 Å². The first kappa shape index (κ1) is 12.7. The minimum atomic E-state index is -0.863. The quantitative estimate of drug-likeness (QED) is 0.707. The summed E-state index contributed by atoms with van der Waals surface area (Å²) in [6, 6.07) is 10.9. The number of aromatic nitrogens is 3. The Hall–Kier alpha value is -2.34. The number of nitriles is 1. The molecule has 0 bridgehead atoms. The first-order chi connectivity index (χ1) is 9.81. The van der Waals surface area contributed by atoms with Crippen LogP contribution in [0.25, 0.3) is 10.9 Å². The molecule has 0 atom stereocenters. The number of hydrogen-bond acceptors (Lipinski definition) is 5. The van der Waals surface area contributed by atoms with E-state index in [4.69, 9.17) is 13.6 Å². The van der Waals surface area contributed by atoms with E-state index >= 15 is 0 Å². The number of halogens is 1. The van der Waals surface area contributed by atoms with E-state index in [1.807, 2.05) is 18.2 Å². The molecule has 0 aliphatic heterocycles. The molecule has 0 unspecified atom stereocenters. The third kappa shape index (κ3) is 2.25. The third-order valence-corrected chi connectivity index (χ3v) is 3.91. The first-order valence-corrected chi connectivity index (χ1v) is 7.68. The Kier molecular flexibility index (Phi) is 3.39. The molecule has 0 aliphatic carbocycles. The Morgan fingerprint density at radius 2 is 2.25 bits per heavy atom. The zero-order valence-corrected chi connectivity index (χ0v) is 12.3. The second kappa shape index (κ2) is 5.34. The molecule has 7 heteroatoms. The van der Waals surface area contributed by atoms with Crippen LogP contribution < -0.4 is 4.74 Å². The van der Waals surface area contributed by atoms with Crippen molar-refractivity contribution in [1.29, 1.82) is 8.82 Å². The van der Waals surface area contributed by atoms with Gasteiger partial charge in [-0.15, -0.1) is 0 Å². The number of fused-ring (bicyclic) bond motifs is 1. The van der Waals surface area contributed by atoms with Gasteiger partial charge in [-0.3, -0.25) is 3.56 Å². The summed E-state index contributed by atoms with van der Waals surface area (Å²) in [6.45, 7) is 0. The van der Waals surface area contributed by atoms with Crippen LogP contribution >= 0.6 is 21.3 Å². The van der Waals surface area contributed by atoms with Gasteiger partial charge in [0.2, 0.25) is 5.88 Å². The van der Waals surface area contributed by atoms with Crippen LogP contribution in [0.1, 0.15) is 5.56 Å². The molecule has 2 heterocycles. The molecule has 0 saturated heterocycles. The molecule has 0 radical (unpaired) electrons. The number of hydrogen-bond donors (Lipinski definition) is 1. The Morgan fingerprint density at radius 1 is 1.35 bits per heavy atom. The maximum atomic E-state index is 9.00. The van der Waals surface area contributed by atoms with Gasteiger partial charge in [0.05, 0.1) is 11.7 Å². The van der Waals surface area contributed by atoms with Crippen LogP contribution in [0, 0.1) is 14.9 Å². The van der Waals surface area contributed by atoms with Crippen molar-refractivity contribution < 1.29 is 4.74 Å². The van der Waals surface area contributed by atoms with Gasteiger partial charge in [0.25, 0.3) is 0 Å². The summed E-state index contributed by atoms with van der Waals surface area (Å²) >= 11 is -0.863. The summed E-state index contributed by atoms with van der Waals surface area (Å²) in [5.41, 5.74) is 1.31. The first-order valence-electron chi connectivity index (χ1n) is 5.64. The molecule has 98 valence electrons. The average molecular weight is 377 g/mol. The van der Waals surface area contributed by atoms with Crippen molar-refractivity contribution in [1.82, 2.24) is 13.0 Å². The molecule has 0 aliphatic rings. The molecule has 20 heavy (non-hydrogen) atoms. The van der Waals surface area contributed by atoms with E-state index in [0.717, 1.165) is 10.9 Å². The SMILES string of the molecule is N#Cc1cccnc1Oc1ccc2c(cnn2I=N)c1. The number of ether oxygens (including phenoxy) is 1. The van der Waals surface area contributed by atoms with E-state index in [0.29, 0.717) is 11.3 Å². The van der Waals surface area contributed by atoms with E-state index in [9.17, 15) is 0 Å². The van der Waals surface area contributed by atoms with Gasteiger partial charge in [0.15, 0.2) is 0 Å². The summed E-state index contributed by atoms with van der Waals surface area (Å²) in [6.07, 6.45) is 3.29. The van der Waals surface area contributed by atoms with E-state index in [1.54, 1.807) is 33.5 Å². The van der Waals surface area contributed by atoms with Crippen LogP contribution in [-0.4, -0.2) is 13.0 Å². The molecular weight excluding hydrogens is 369 g/mol. The highest BCUT2D eigenvalue weighted by molar-refractivity contribution is 14.1. The molecule has 0 amide bonds. The van der Waals surface area contributed by atoms with Gasteiger partial charge in [-0.05, 0) is 30.3 Å². The van der Waals surface area contributed by atoms with Crippen molar-refractivity contribution in [2.24, 2.45) is 0 Å². The molecule has 0 spiro atoms. The predicted octanol–water partition coefficient (Wildman–Crippen LogP) is 3.59. The number of nitrogens with one attached hydrogen (secondary N) is 1. The lowest BCUT2D eigenvalue weighted by Crippen LogP contribution is -1.91. The zero-order valence-electron chi connectivity index (χ0n) is 10.1. The highest BCUT2D eigenvalue weighted by atomic mass is 127. The summed E-state index contributed by atoms with van der Waals surface area (Å²) in [7, 11) is 0. The van der Waals surface area contributed by atoms with Crippen LogP contribution in [-0.2, 0) is 0 Å². The van der Waals surface area contributed by atoms with Crippen molar-refractivity contribution in [2.45, 2.75) is 0 Å². The topological polar surface area (TPSA) is 87.6 Å². The van der Waals surface area contributed by atoms with Gasteiger partial charge < -0.3 is 4.74 Å². The summed E-state index contributed by atoms with van der Waals surface area (Å²) < 4.78 is 14.8. The Labute approximate surface area is 124 Å². The molecule has 3 rings (SSSR count). The summed E-state index contributed by atoms with van der Waals surface area (Å²) in [4.78, 5) is 4.06. The molecule has 6 nitrogen and oxygen atoms in total. The second-order valence-corrected chi connectivity index (χ2v) is 5.28. The molecule has 0 saturated carbocycles. The number of nitrogens with zero attached hydrogens (tertiary/aromatic N) is 4. The van der Waals surface area contributed by atoms with Crippen LogP contribution in [0.15, 0.2) is 42.7 Å². The summed E-state index contributed by atoms with van der Waals surface area (Å²) in [5.74, 6) is 0.880. The Bertz CT molecular complexity index is 836. The Morgan fingerprint density at radius 3 is 3.05 bits per heavy atom. The minimum Gasteiger partial charge on any atom is -0.438 e. The lowest BCUT2D eigenvalue weighted by Gasteiger charge is -2.05. The molecule has 2 aromatic heterocycles. The van der Waals surface area contributed by atoms with Gasteiger partial charge in [0.1, 0.15) is 38.7 Å². The number of benzene rings is 1. The highest BCUT2D eigenvalue weighted by Gasteiger charge is 2.07. The lowest BCUT2D eigenvalue weighted by molar-refractivity contribution is 0.462. The van der Waals surface area contributed by atoms with Gasteiger partial charge in [-0.2, -0.15) is 13.3 Å². The lowest BCUT2D eigenvalue weighted by atomic mass is 10.2. The second-order valence-electron chi connectivity index (χ2n) is 3.88. The number of pyridine rings is 1. The average Bonchev–Trinajstić information content (AvgIpc) is 2.90. The molecule has 3 aromatic rings. The number of rotatable bonds is 3. The monoisotopic (exact) mass is 377 g/mol. The van der Waals surface area contributed by atoms with E-state index in [2.05, 4.69) is 10.1 Å². The van der Waals surface area contributed by atoms with Crippen LogP contribution in [0.5, 0.6) is 11.6 Å². The molecule has 0 fully saturated rings. The van der Waals surface area contributed by atoms with Crippen molar-refractivity contribution in [3.8, 4) is 17.7 Å². The largest absolute Gasteiger partial charge is 0.438 e. The molecule has 1 aromatic carbocycles. The van der Waals surface area contributed by atoms with Crippen LogP contribution in [0.2, 0.25) is 0 Å². The minimum absolute atomic E-state index is 0.287. The van der Waals surface area contributed by atoms with Crippen molar-refractivity contribution in [3.05, 3.63) is 48.3 Å². The van der Waals surface area contributed by atoms with E-state index < -0.39 is 21.3 Å². The van der Waals surface area contributed by atoms with Crippen molar-refractivity contribution in [3.63, 3.8) is 0 Å². The van der Waals surface area contributed by atoms with Gasteiger partial charge in [0, 0.05) is 11.6 Å². The molecular formula is C13H8IN5O. The zero-order chi connectivity index (χ0) is 13.9. The van der Waals surface area contributed by atoms with Gasteiger partial charge in [-0.25, -0.2) is 4.98 Å². The highest BCUT2D eigenvalue weighted by Crippen LogP contribution is 2.27. The van der Waals surface area contributed by atoms with Crippen LogP contribution in [0.3, 0.4) is 0 Å². The predicted molar refractivity (Wildman–Crippen MR) is 80.9 cm³/mol. The third-order valence-electron chi connectivity index (χ3n) is 2.68. The fourth-order valence-electron chi connectivity index (χ4n) is 1.78. The maximum Gasteiger partial charge on any atom is 0.237 e. The van der Waals surface area contributed by atoms with Crippen molar-refractivity contribution >= 4 is 32.2 Å². The van der Waals surface area contributed by atoms with E-state index in [-0.39, 0.29) is 5.88 Å².